The Hall–Kier alpha value is -1.86. The molecule has 0 spiro atoms. The molecule has 0 unspecified atom stereocenters. The maximum atomic E-state index is 8.45. The molecule has 0 aliphatic heterocycles. The van der Waals surface area contributed by atoms with Gasteiger partial charge in [0.2, 0.25) is 5.69 Å². The normalized spacial score (nSPS) is 10.3. The van der Waals surface area contributed by atoms with Crippen molar-refractivity contribution in [3.8, 4) is 12.3 Å². The fourth-order valence-corrected chi connectivity index (χ4v) is 1.16. The second-order valence-corrected chi connectivity index (χ2v) is 2.82. The number of rotatable bonds is 5. The van der Waals surface area contributed by atoms with Crippen molar-refractivity contribution in [1.82, 2.24) is 0 Å². The van der Waals surface area contributed by atoms with Gasteiger partial charge in [-0.1, -0.05) is 11.1 Å². The molecule has 4 heteroatoms. The van der Waals surface area contributed by atoms with Crippen LogP contribution in [0.15, 0.2) is 29.6 Å². The minimum atomic E-state index is 0.316. The van der Waals surface area contributed by atoms with Crippen molar-refractivity contribution in [2.24, 2.45) is 5.16 Å². The smallest absolute Gasteiger partial charge is 0.227 e. The summed E-state index contributed by atoms with van der Waals surface area (Å²) < 4.78 is 7.07. The molecule has 1 aromatic heterocycles. The van der Waals surface area contributed by atoms with Crippen LogP contribution in [0.3, 0.4) is 0 Å². The van der Waals surface area contributed by atoms with Gasteiger partial charge in [0, 0.05) is 12.1 Å². The molecule has 78 valence electrons. The molecule has 15 heavy (non-hydrogen) atoms. The second kappa shape index (κ2) is 6.57. The second-order valence-electron chi connectivity index (χ2n) is 2.82. The number of pyridine rings is 1. The van der Waals surface area contributed by atoms with E-state index in [1.807, 2.05) is 29.0 Å². The summed E-state index contributed by atoms with van der Waals surface area (Å²) in [7, 11) is 0. The van der Waals surface area contributed by atoms with Crippen molar-refractivity contribution in [2.45, 2.75) is 6.54 Å². The van der Waals surface area contributed by atoms with E-state index in [-0.39, 0.29) is 0 Å². The average Bonchev–Trinajstić information content (AvgIpc) is 2.27. The Kier molecular flexibility index (Phi) is 4.91. The summed E-state index contributed by atoms with van der Waals surface area (Å²) in [5.74, 6) is 2.40. The van der Waals surface area contributed by atoms with Crippen molar-refractivity contribution < 1.29 is 14.5 Å². The summed E-state index contributed by atoms with van der Waals surface area (Å²) >= 11 is 0. The first kappa shape index (κ1) is 11.2. The van der Waals surface area contributed by atoms with E-state index in [1.165, 1.54) is 6.21 Å². The Morgan fingerprint density at radius 1 is 1.60 bits per heavy atom. The van der Waals surface area contributed by atoms with Crippen LogP contribution in [0.4, 0.5) is 0 Å². The lowest BCUT2D eigenvalue weighted by atomic mass is 10.3. The fraction of sp³-hybridized carbons (Fsp3) is 0.273. The van der Waals surface area contributed by atoms with Gasteiger partial charge < -0.3 is 9.94 Å². The molecule has 0 amide bonds. The van der Waals surface area contributed by atoms with E-state index < -0.39 is 0 Å². The van der Waals surface area contributed by atoms with Crippen LogP contribution in [0.25, 0.3) is 0 Å². The molecule has 0 aliphatic rings. The van der Waals surface area contributed by atoms with Gasteiger partial charge in [0.15, 0.2) is 12.7 Å². The van der Waals surface area contributed by atoms with Gasteiger partial charge in [0.1, 0.15) is 19.4 Å². The van der Waals surface area contributed by atoms with Crippen LogP contribution >= 0.6 is 0 Å². The highest BCUT2D eigenvalue weighted by Gasteiger charge is 2.06. The van der Waals surface area contributed by atoms with Crippen molar-refractivity contribution in [1.29, 1.82) is 0 Å². The summed E-state index contributed by atoms with van der Waals surface area (Å²) in [5, 5.41) is 11.4. The molecule has 1 aromatic rings. The lowest BCUT2D eigenvalue weighted by Crippen LogP contribution is -2.39. The van der Waals surface area contributed by atoms with Crippen LogP contribution in [-0.4, -0.2) is 24.6 Å². The first-order valence-electron chi connectivity index (χ1n) is 4.55. The van der Waals surface area contributed by atoms with Gasteiger partial charge in [0.05, 0.1) is 0 Å². The summed E-state index contributed by atoms with van der Waals surface area (Å²) in [6, 6.07) is 5.62. The molecule has 0 saturated heterocycles. The minimum Gasteiger partial charge on any atom is -0.411 e. The number of terminal acetylenes is 1. The van der Waals surface area contributed by atoms with E-state index in [9.17, 15) is 0 Å². The quantitative estimate of drug-likeness (QED) is 0.189. The Morgan fingerprint density at radius 2 is 2.47 bits per heavy atom. The zero-order chi connectivity index (χ0) is 10.9. The third-order valence-corrected chi connectivity index (χ3v) is 1.83. The van der Waals surface area contributed by atoms with Gasteiger partial charge >= 0.3 is 0 Å². The largest absolute Gasteiger partial charge is 0.411 e. The van der Waals surface area contributed by atoms with Crippen LogP contribution in [0.5, 0.6) is 0 Å². The summed E-state index contributed by atoms with van der Waals surface area (Å²) in [6.45, 7) is 1.52. The third-order valence-electron chi connectivity index (χ3n) is 1.83. The molecule has 0 fully saturated rings. The molecule has 0 radical (unpaired) electrons. The highest BCUT2D eigenvalue weighted by molar-refractivity contribution is 5.74. The van der Waals surface area contributed by atoms with Crippen molar-refractivity contribution in [2.75, 3.05) is 13.2 Å². The Balaban J connectivity index is 2.56. The highest BCUT2D eigenvalue weighted by Crippen LogP contribution is 1.87. The topological polar surface area (TPSA) is 45.7 Å². The molecule has 0 aliphatic carbocycles. The van der Waals surface area contributed by atoms with Crippen LogP contribution in [0.1, 0.15) is 5.69 Å². The van der Waals surface area contributed by atoms with Gasteiger partial charge in [-0.15, -0.1) is 6.42 Å². The molecule has 0 aromatic carbocycles. The maximum absolute atomic E-state index is 8.45. The van der Waals surface area contributed by atoms with Gasteiger partial charge in [-0.25, -0.2) is 0 Å². The molecule has 0 bridgehead atoms. The molecular weight excluding hydrogens is 192 g/mol. The van der Waals surface area contributed by atoms with Gasteiger partial charge in [-0.3, -0.25) is 0 Å². The Morgan fingerprint density at radius 3 is 3.20 bits per heavy atom. The van der Waals surface area contributed by atoms with Gasteiger partial charge in [-0.2, -0.15) is 4.57 Å². The van der Waals surface area contributed by atoms with Crippen molar-refractivity contribution >= 4 is 6.21 Å². The Bertz CT molecular complexity index is 369. The fourth-order valence-electron chi connectivity index (χ4n) is 1.16. The average molecular weight is 205 g/mol. The zero-order valence-electron chi connectivity index (χ0n) is 8.34. The number of hydrogen-bond donors (Lipinski definition) is 1. The predicted octanol–water partition coefficient (Wildman–Crippen LogP) is 0.432. The van der Waals surface area contributed by atoms with Gasteiger partial charge in [-0.05, 0) is 6.07 Å². The Labute approximate surface area is 88.8 Å². The molecule has 4 nitrogen and oxygen atoms in total. The lowest BCUT2D eigenvalue weighted by molar-refractivity contribution is -0.699. The van der Waals surface area contributed by atoms with E-state index >= 15 is 0 Å². The molecular formula is C11H13N2O2+. The monoisotopic (exact) mass is 205 g/mol. The van der Waals surface area contributed by atoms with Crippen molar-refractivity contribution in [3.63, 3.8) is 0 Å². The van der Waals surface area contributed by atoms with E-state index in [2.05, 4.69) is 11.1 Å². The van der Waals surface area contributed by atoms with Crippen LogP contribution < -0.4 is 4.57 Å². The predicted molar refractivity (Wildman–Crippen MR) is 55.7 cm³/mol. The number of aromatic nitrogens is 1. The SMILES string of the molecule is C#CCOCC[n+]1ccccc1/C=N\O. The zero-order valence-corrected chi connectivity index (χ0v) is 8.34. The molecule has 0 saturated carbocycles. The van der Waals surface area contributed by atoms with E-state index in [0.717, 1.165) is 5.69 Å². The van der Waals surface area contributed by atoms with E-state index in [0.29, 0.717) is 19.8 Å². The third kappa shape index (κ3) is 3.79. The standard InChI is InChI=1S/C11H12N2O2/c1-2-8-15-9-7-13-6-4-3-5-11(13)10-12-14/h1,3-6,10H,7-9H2/p+1. The number of ether oxygens (including phenoxy) is 1. The lowest BCUT2D eigenvalue weighted by Gasteiger charge is -1.99. The molecule has 1 heterocycles. The number of nitrogens with zero attached hydrogens (tertiary/aromatic N) is 2. The van der Waals surface area contributed by atoms with E-state index in [4.69, 9.17) is 16.4 Å². The summed E-state index contributed by atoms with van der Waals surface area (Å²) in [5.41, 5.74) is 0.810. The molecule has 1 rings (SSSR count). The first-order chi connectivity index (χ1) is 7.38. The summed E-state index contributed by atoms with van der Waals surface area (Å²) in [4.78, 5) is 0. The van der Waals surface area contributed by atoms with Crippen molar-refractivity contribution in [3.05, 3.63) is 30.1 Å². The molecule has 1 N–H and O–H groups in total. The molecule has 0 atom stereocenters. The van der Waals surface area contributed by atoms with Crippen LogP contribution in [0, 0.1) is 12.3 Å². The maximum Gasteiger partial charge on any atom is 0.227 e. The van der Waals surface area contributed by atoms with Gasteiger partial charge in [0.25, 0.3) is 0 Å². The van der Waals surface area contributed by atoms with Crippen LogP contribution in [0.2, 0.25) is 0 Å². The highest BCUT2D eigenvalue weighted by atomic mass is 16.5. The summed E-state index contributed by atoms with van der Waals surface area (Å²) in [6.07, 6.45) is 8.31. The van der Waals surface area contributed by atoms with Crippen LogP contribution in [-0.2, 0) is 11.3 Å². The van der Waals surface area contributed by atoms with E-state index in [1.54, 1.807) is 0 Å². The number of hydrogen-bond acceptors (Lipinski definition) is 3. The number of oxime groups is 1. The minimum absolute atomic E-state index is 0.316. The first-order valence-corrected chi connectivity index (χ1v) is 4.55.